The number of aryl methyl sites for hydroxylation is 1. The highest BCUT2D eigenvalue weighted by Gasteiger charge is 2.36. The van der Waals surface area contributed by atoms with E-state index in [1.807, 2.05) is 6.92 Å². The standard InChI is InChI=1S/C23H26ClN3O6S/c1-3-33-23(30)26-14-12-25(13-15-26)22(29)27(16-21(28)18-6-8-19(24)9-7-18)34(31,32)20-10-4-17(2)5-11-20/h4-11H,3,12-16H2,1-2H3. The highest BCUT2D eigenvalue weighted by molar-refractivity contribution is 7.89. The summed E-state index contributed by atoms with van der Waals surface area (Å²) in [5.74, 6) is -0.550. The van der Waals surface area contributed by atoms with Crippen LogP contribution in [0.3, 0.4) is 0 Å². The second kappa shape index (κ2) is 10.9. The maximum Gasteiger partial charge on any atom is 0.409 e. The predicted molar refractivity (Wildman–Crippen MR) is 126 cm³/mol. The van der Waals surface area contributed by atoms with Crippen molar-refractivity contribution in [2.45, 2.75) is 18.7 Å². The Bertz CT molecular complexity index is 1140. The van der Waals surface area contributed by atoms with Crippen molar-refractivity contribution in [2.75, 3.05) is 39.3 Å². The van der Waals surface area contributed by atoms with E-state index < -0.39 is 34.5 Å². The van der Waals surface area contributed by atoms with Crippen LogP contribution in [0.1, 0.15) is 22.8 Å². The molecule has 0 unspecified atom stereocenters. The number of ether oxygens (including phenoxy) is 1. The van der Waals surface area contributed by atoms with Gasteiger partial charge in [0.1, 0.15) is 6.54 Å². The Kier molecular flexibility index (Phi) is 8.16. The summed E-state index contributed by atoms with van der Waals surface area (Å²) in [4.78, 5) is 40.9. The zero-order valence-electron chi connectivity index (χ0n) is 18.9. The number of Topliss-reactive ketones (excluding diaryl/α,β-unsaturated/α-hetero) is 1. The number of carbonyl (C=O) groups is 3. The molecule has 1 heterocycles. The zero-order chi connectivity index (χ0) is 24.9. The summed E-state index contributed by atoms with van der Waals surface area (Å²) in [6.07, 6.45) is -0.489. The van der Waals surface area contributed by atoms with Crippen LogP contribution in [-0.2, 0) is 14.8 Å². The number of hydrogen-bond acceptors (Lipinski definition) is 6. The molecule has 34 heavy (non-hydrogen) atoms. The topological polar surface area (TPSA) is 104 Å². The van der Waals surface area contributed by atoms with Crippen LogP contribution in [0.2, 0.25) is 5.02 Å². The van der Waals surface area contributed by atoms with E-state index in [2.05, 4.69) is 0 Å². The smallest absolute Gasteiger partial charge is 0.409 e. The minimum Gasteiger partial charge on any atom is -0.450 e. The fourth-order valence-electron chi connectivity index (χ4n) is 3.40. The summed E-state index contributed by atoms with van der Waals surface area (Å²) in [6.45, 7) is 3.65. The molecule has 3 rings (SSSR count). The molecule has 0 N–H and O–H groups in total. The molecular weight excluding hydrogens is 482 g/mol. The number of carbonyl (C=O) groups excluding carboxylic acids is 3. The first-order chi connectivity index (χ1) is 16.1. The Labute approximate surface area is 203 Å². The van der Waals surface area contributed by atoms with Crippen molar-refractivity contribution < 1.29 is 27.5 Å². The minimum atomic E-state index is -4.33. The molecule has 0 atom stereocenters. The van der Waals surface area contributed by atoms with Crippen molar-refractivity contribution in [3.05, 3.63) is 64.7 Å². The van der Waals surface area contributed by atoms with Crippen molar-refractivity contribution in [1.82, 2.24) is 14.1 Å². The lowest BCUT2D eigenvalue weighted by molar-refractivity contribution is 0.0813. The molecule has 1 saturated heterocycles. The number of hydrogen-bond donors (Lipinski definition) is 0. The summed E-state index contributed by atoms with van der Waals surface area (Å²) in [5.41, 5.74) is 1.08. The Morgan fingerprint density at radius 1 is 0.941 bits per heavy atom. The van der Waals surface area contributed by atoms with Crippen LogP contribution >= 0.6 is 11.6 Å². The molecule has 3 amide bonds. The largest absolute Gasteiger partial charge is 0.450 e. The molecule has 9 nitrogen and oxygen atoms in total. The van der Waals surface area contributed by atoms with Crippen LogP contribution in [0.25, 0.3) is 0 Å². The number of amides is 3. The molecule has 0 radical (unpaired) electrons. The van der Waals surface area contributed by atoms with Crippen LogP contribution in [0.5, 0.6) is 0 Å². The summed E-state index contributed by atoms with van der Waals surface area (Å²) < 4.78 is 32.4. The van der Waals surface area contributed by atoms with Crippen LogP contribution in [-0.4, -0.2) is 79.8 Å². The maximum atomic E-state index is 13.4. The lowest BCUT2D eigenvalue weighted by Crippen LogP contribution is -2.55. The number of rotatable bonds is 6. The second-order valence-electron chi connectivity index (χ2n) is 7.71. The van der Waals surface area contributed by atoms with Crippen LogP contribution in [0.4, 0.5) is 9.59 Å². The molecule has 0 aromatic heterocycles. The third-order valence-corrected chi connectivity index (χ3v) is 7.34. The van der Waals surface area contributed by atoms with Crippen LogP contribution in [0.15, 0.2) is 53.4 Å². The van der Waals surface area contributed by atoms with Gasteiger partial charge < -0.3 is 14.5 Å². The molecule has 2 aromatic carbocycles. The summed E-state index contributed by atoms with van der Waals surface area (Å²) >= 11 is 5.88. The van der Waals surface area contributed by atoms with Gasteiger partial charge in [0.05, 0.1) is 11.5 Å². The summed E-state index contributed by atoms with van der Waals surface area (Å²) in [6, 6.07) is 11.2. The Morgan fingerprint density at radius 2 is 1.50 bits per heavy atom. The van der Waals surface area contributed by atoms with E-state index in [1.54, 1.807) is 19.1 Å². The van der Waals surface area contributed by atoms with Gasteiger partial charge in [0.2, 0.25) is 0 Å². The molecule has 1 aliphatic heterocycles. The van der Waals surface area contributed by atoms with Crippen molar-refractivity contribution in [3.8, 4) is 0 Å². The highest BCUT2D eigenvalue weighted by atomic mass is 35.5. The van der Waals surface area contributed by atoms with Gasteiger partial charge >= 0.3 is 12.1 Å². The van der Waals surface area contributed by atoms with Gasteiger partial charge in [0.15, 0.2) is 5.78 Å². The van der Waals surface area contributed by atoms with Crippen molar-refractivity contribution in [1.29, 1.82) is 0 Å². The molecule has 11 heteroatoms. The predicted octanol–water partition coefficient (Wildman–Crippen LogP) is 3.42. The van der Waals surface area contributed by atoms with Gasteiger partial charge in [-0.1, -0.05) is 29.3 Å². The maximum absolute atomic E-state index is 13.4. The number of nitrogens with zero attached hydrogens (tertiary/aromatic N) is 3. The summed E-state index contributed by atoms with van der Waals surface area (Å²) in [7, 11) is -4.33. The normalized spacial score (nSPS) is 14.0. The number of piperazine rings is 1. The number of ketones is 1. The van der Waals surface area contributed by atoms with Crippen LogP contribution in [0, 0.1) is 6.92 Å². The van der Waals surface area contributed by atoms with Crippen molar-refractivity contribution in [3.63, 3.8) is 0 Å². The van der Waals surface area contributed by atoms with Gasteiger partial charge in [0, 0.05) is 36.8 Å². The monoisotopic (exact) mass is 507 g/mol. The van der Waals surface area contributed by atoms with Gasteiger partial charge in [-0.25, -0.2) is 22.3 Å². The van der Waals surface area contributed by atoms with Gasteiger partial charge in [-0.15, -0.1) is 0 Å². The van der Waals surface area contributed by atoms with E-state index in [0.29, 0.717) is 9.33 Å². The molecule has 0 aliphatic carbocycles. The third kappa shape index (κ3) is 5.87. The van der Waals surface area contributed by atoms with E-state index in [9.17, 15) is 22.8 Å². The molecule has 0 saturated carbocycles. The molecule has 0 bridgehead atoms. The number of sulfonamides is 1. The Morgan fingerprint density at radius 3 is 2.06 bits per heavy atom. The molecule has 1 aliphatic rings. The lowest BCUT2D eigenvalue weighted by atomic mass is 10.1. The third-order valence-electron chi connectivity index (χ3n) is 5.35. The molecule has 1 fully saturated rings. The molecule has 0 spiro atoms. The quantitative estimate of drug-likeness (QED) is 0.555. The van der Waals surface area contributed by atoms with Crippen molar-refractivity contribution in [2.24, 2.45) is 0 Å². The first-order valence-corrected chi connectivity index (χ1v) is 12.5. The zero-order valence-corrected chi connectivity index (χ0v) is 20.5. The van der Waals surface area contributed by atoms with E-state index >= 15 is 0 Å². The van der Waals surface area contributed by atoms with Crippen molar-refractivity contribution >= 4 is 39.5 Å². The lowest BCUT2D eigenvalue weighted by Gasteiger charge is -2.36. The Balaban J connectivity index is 1.86. The van der Waals surface area contributed by atoms with E-state index in [4.69, 9.17) is 16.3 Å². The fraction of sp³-hybridized carbons (Fsp3) is 0.348. The van der Waals surface area contributed by atoms with E-state index in [1.165, 1.54) is 46.2 Å². The fourth-order valence-corrected chi connectivity index (χ4v) is 4.87. The van der Waals surface area contributed by atoms with E-state index in [-0.39, 0.29) is 43.2 Å². The average Bonchev–Trinajstić information content (AvgIpc) is 2.83. The first-order valence-electron chi connectivity index (χ1n) is 10.7. The van der Waals surface area contributed by atoms with E-state index in [0.717, 1.165) is 5.56 Å². The highest BCUT2D eigenvalue weighted by Crippen LogP contribution is 2.20. The minimum absolute atomic E-state index is 0.0967. The van der Waals surface area contributed by atoms with Gasteiger partial charge in [-0.2, -0.15) is 0 Å². The van der Waals surface area contributed by atoms with Crippen LogP contribution < -0.4 is 0 Å². The molecule has 182 valence electrons. The first kappa shape index (κ1) is 25.5. The van der Waals surface area contributed by atoms with Gasteiger partial charge in [-0.3, -0.25) is 4.79 Å². The molecule has 2 aromatic rings. The SMILES string of the molecule is CCOC(=O)N1CCN(C(=O)N(CC(=O)c2ccc(Cl)cc2)S(=O)(=O)c2ccc(C)cc2)CC1. The molecular formula is C23H26ClN3O6S. The number of benzene rings is 2. The summed E-state index contributed by atoms with van der Waals surface area (Å²) in [5, 5.41) is 0.427. The average molecular weight is 508 g/mol. The second-order valence-corrected chi connectivity index (χ2v) is 10.0. The number of urea groups is 1. The Hall–Kier alpha value is -3.11. The number of halogens is 1. The van der Waals surface area contributed by atoms with Gasteiger partial charge in [0.25, 0.3) is 10.0 Å². The van der Waals surface area contributed by atoms with Gasteiger partial charge in [-0.05, 0) is 50.2 Å².